The lowest BCUT2D eigenvalue weighted by Gasteiger charge is -2.19. The van der Waals surface area contributed by atoms with Gasteiger partial charge in [-0.1, -0.05) is 0 Å². The highest BCUT2D eigenvalue weighted by Crippen LogP contribution is 2.25. The van der Waals surface area contributed by atoms with E-state index in [1.807, 2.05) is 0 Å². The zero-order chi connectivity index (χ0) is 14.8. The van der Waals surface area contributed by atoms with E-state index >= 15 is 0 Å². The van der Waals surface area contributed by atoms with Crippen molar-refractivity contribution in [3.05, 3.63) is 18.2 Å². The van der Waals surface area contributed by atoms with Gasteiger partial charge in [-0.05, 0) is 32.9 Å². The van der Waals surface area contributed by atoms with Crippen molar-refractivity contribution in [2.75, 3.05) is 5.32 Å². The summed E-state index contributed by atoms with van der Waals surface area (Å²) in [5.41, 5.74) is -0.466. The molecule has 0 spiro atoms. The zero-order valence-corrected chi connectivity index (χ0v) is 11.6. The molecule has 8 heteroatoms. The molecule has 1 amide bonds. The molecule has 0 atom stereocenters. The van der Waals surface area contributed by atoms with Crippen LogP contribution in [0.3, 0.4) is 0 Å². The first-order chi connectivity index (χ1) is 8.49. The van der Waals surface area contributed by atoms with Gasteiger partial charge in [-0.2, -0.15) is 0 Å². The van der Waals surface area contributed by atoms with Crippen molar-refractivity contribution in [3.63, 3.8) is 0 Å². The molecule has 0 heterocycles. The monoisotopic (exact) mass is 288 g/mol. The molecule has 0 aliphatic carbocycles. The molecule has 1 aromatic rings. The van der Waals surface area contributed by atoms with Crippen LogP contribution in [0.25, 0.3) is 0 Å². The highest BCUT2D eigenvalue weighted by Gasteiger charge is 2.18. The molecule has 0 aliphatic heterocycles. The average molecular weight is 288 g/mol. The Morgan fingerprint density at radius 1 is 1.37 bits per heavy atom. The average Bonchev–Trinajstić information content (AvgIpc) is 2.11. The number of hydrogen-bond donors (Lipinski definition) is 3. The molecule has 0 aromatic heterocycles. The number of primary sulfonamides is 1. The first-order valence-corrected chi connectivity index (χ1v) is 6.89. The van der Waals surface area contributed by atoms with Crippen LogP contribution in [0.1, 0.15) is 20.8 Å². The number of ether oxygens (including phenoxy) is 1. The Balaban J connectivity index is 2.89. The maximum Gasteiger partial charge on any atom is 0.412 e. The van der Waals surface area contributed by atoms with Crippen LogP contribution in [0.2, 0.25) is 0 Å². The summed E-state index contributed by atoms with van der Waals surface area (Å²) < 4.78 is 27.2. The van der Waals surface area contributed by atoms with Crippen molar-refractivity contribution in [2.24, 2.45) is 5.14 Å². The van der Waals surface area contributed by atoms with Crippen molar-refractivity contribution in [3.8, 4) is 5.75 Å². The zero-order valence-electron chi connectivity index (χ0n) is 10.8. The van der Waals surface area contributed by atoms with E-state index in [1.165, 1.54) is 6.07 Å². The van der Waals surface area contributed by atoms with Crippen molar-refractivity contribution >= 4 is 21.8 Å². The molecular weight excluding hydrogens is 272 g/mol. The van der Waals surface area contributed by atoms with E-state index < -0.39 is 32.4 Å². The maximum atomic E-state index is 11.5. The van der Waals surface area contributed by atoms with Gasteiger partial charge in [0, 0.05) is 11.8 Å². The van der Waals surface area contributed by atoms with Crippen molar-refractivity contribution in [2.45, 2.75) is 31.3 Å². The van der Waals surface area contributed by atoms with Gasteiger partial charge in [0.2, 0.25) is 10.0 Å². The number of sulfonamides is 1. The first-order valence-electron chi connectivity index (χ1n) is 5.35. The van der Waals surface area contributed by atoms with Gasteiger partial charge >= 0.3 is 6.09 Å². The molecule has 0 saturated carbocycles. The highest BCUT2D eigenvalue weighted by molar-refractivity contribution is 7.89. The van der Waals surface area contributed by atoms with Gasteiger partial charge < -0.3 is 9.84 Å². The number of aromatic hydroxyl groups is 1. The number of nitrogens with one attached hydrogen (secondary N) is 1. The van der Waals surface area contributed by atoms with E-state index in [-0.39, 0.29) is 5.69 Å². The molecule has 0 saturated heterocycles. The number of carbonyl (C=O) groups is 1. The number of anilines is 1. The predicted octanol–water partition coefficient (Wildman–Crippen LogP) is 1.39. The molecule has 0 unspecified atom stereocenters. The number of benzene rings is 1. The largest absolute Gasteiger partial charge is 0.506 e. The van der Waals surface area contributed by atoms with Crippen LogP contribution >= 0.6 is 0 Å². The van der Waals surface area contributed by atoms with E-state index in [1.54, 1.807) is 20.8 Å². The maximum absolute atomic E-state index is 11.5. The van der Waals surface area contributed by atoms with Crippen molar-refractivity contribution in [1.29, 1.82) is 0 Å². The fourth-order valence-corrected chi connectivity index (χ4v) is 1.87. The Hall–Kier alpha value is -1.80. The minimum Gasteiger partial charge on any atom is -0.506 e. The van der Waals surface area contributed by atoms with Crippen LogP contribution in [-0.2, 0) is 14.8 Å². The highest BCUT2D eigenvalue weighted by atomic mass is 32.2. The van der Waals surface area contributed by atoms with Gasteiger partial charge in [0.15, 0.2) is 0 Å². The molecule has 19 heavy (non-hydrogen) atoms. The Labute approximate surface area is 111 Å². The predicted molar refractivity (Wildman–Crippen MR) is 69.3 cm³/mol. The Kier molecular flexibility index (Phi) is 4.06. The number of phenols is 1. The number of amides is 1. The van der Waals surface area contributed by atoms with Gasteiger partial charge in [-0.15, -0.1) is 0 Å². The second-order valence-corrected chi connectivity index (χ2v) is 6.38. The lowest BCUT2D eigenvalue weighted by molar-refractivity contribution is 0.0636. The quantitative estimate of drug-likeness (QED) is 0.759. The molecule has 0 fully saturated rings. The van der Waals surface area contributed by atoms with Crippen LogP contribution in [-0.4, -0.2) is 25.2 Å². The van der Waals surface area contributed by atoms with E-state index in [2.05, 4.69) is 5.32 Å². The number of phenolic OH excluding ortho intramolecular Hbond substituents is 1. The molecule has 4 N–H and O–H groups in total. The minimum absolute atomic E-state index is 0.194. The molecule has 1 aromatic carbocycles. The summed E-state index contributed by atoms with van der Waals surface area (Å²) in [5, 5.41) is 16.8. The van der Waals surface area contributed by atoms with Gasteiger partial charge in [-0.3, -0.25) is 5.32 Å². The van der Waals surface area contributed by atoms with Crippen LogP contribution in [0.4, 0.5) is 10.5 Å². The lowest BCUT2D eigenvalue weighted by atomic mass is 10.2. The van der Waals surface area contributed by atoms with E-state index in [0.717, 1.165) is 12.1 Å². The molecule has 106 valence electrons. The number of nitrogens with two attached hydrogens (primary N) is 1. The van der Waals surface area contributed by atoms with Crippen LogP contribution in [0.15, 0.2) is 23.1 Å². The smallest absolute Gasteiger partial charge is 0.412 e. The summed E-state index contributed by atoms with van der Waals surface area (Å²) >= 11 is 0. The SMILES string of the molecule is CC(C)(C)OC(=O)Nc1ccc(S(N)(=O)=O)c(O)c1. The van der Waals surface area contributed by atoms with Crippen LogP contribution in [0.5, 0.6) is 5.75 Å². The summed E-state index contributed by atoms with van der Waals surface area (Å²) in [6.45, 7) is 5.11. The third kappa shape index (κ3) is 4.76. The van der Waals surface area contributed by atoms with Crippen molar-refractivity contribution < 1.29 is 23.1 Å². The molecule has 1 rings (SSSR count). The minimum atomic E-state index is -4.00. The van der Waals surface area contributed by atoms with Crippen LogP contribution in [0, 0.1) is 0 Å². The second kappa shape index (κ2) is 5.06. The standard InChI is InChI=1S/C11H16N2O5S/c1-11(2,3)18-10(15)13-7-4-5-9(8(14)6-7)19(12,16)17/h4-6,14H,1-3H3,(H,13,15)(H2,12,16,17). The Morgan fingerprint density at radius 3 is 2.37 bits per heavy atom. The van der Waals surface area contributed by atoms with E-state index in [4.69, 9.17) is 9.88 Å². The van der Waals surface area contributed by atoms with Gasteiger partial charge in [-0.25, -0.2) is 18.4 Å². The summed E-state index contributed by atoms with van der Waals surface area (Å²) in [5.74, 6) is -0.545. The molecule has 0 bridgehead atoms. The number of rotatable bonds is 2. The molecule has 7 nitrogen and oxygen atoms in total. The molecule has 0 radical (unpaired) electrons. The van der Waals surface area contributed by atoms with E-state index in [0.29, 0.717) is 0 Å². The van der Waals surface area contributed by atoms with Crippen molar-refractivity contribution in [1.82, 2.24) is 0 Å². The Morgan fingerprint density at radius 2 is 1.95 bits per heavy atom. The first kappa shape index (κ1) is 15.3. The third-order valence-electron chi connectivity index (χ3n) is 1.91. The number of carbonyl (C=O) groups excluding carboxylic acids is 1. The fourth-order valence-electron chi connectivity index (χ4n) is 1.26. The third-order valence-corrected chi connectivity index (χ3v) is 2.87. The molecule has 0 aliphatic rings. The second-order valence-electron chi connectivity index (χ2n) is 4.85. The summed E-state index contributed by atoms with van der Waals surface area (Å²) in [7, 11) is -4.00. The summed E-state index contributed by atoms with van der Waals surface area (Å²) in [4.78, 5) is 11.0. The van der Waals surface area contributed by atoms with Gasteiger partial charge in [0.1, 0.15) is 16.2 Å². The van der Waals surface area contributed by atoms with Gasteiger partial charge in [0.25, 0.3) is 0 Å². The molecular formula is C11H16N2O5S. The Bertz CT molecular complexity index is 590. The normalized spacial score (nSPS) is 12.0. The van der Waals surface area contributed by atoms with Crippen LogP contribution < -0.4 is 10.5 Å². The van der Waals surface area contributed by atoms with Gasteiger partial charge in [0.05, 0.1) is 0 Å². The lowest BCUT2D eigenvalue weighted by Crippen LogP contribution is -2.27. The summed E-state index contributed by atoms with van der Waals surface area (Å²) in [6.07, 6.45) is -0.713. The summed E-state index contributed by atoms with van der Waals surface area (Å²) in [6, 6.07) is 3.46. The fraction of sp³-hybridized carbons (Fsp3) is 0.364. The van der Waals surface area contributed by atoms with E-state index in [9.17, 15) is 18.3 Å². The topological polar surface area (TPSA) is 119 Å². The number of hydrogen-bond acceptors (Lipinski definition) is 5.